The maximum absolute atomic E-state index is 12.5. The summed E-state index contributed by atoms with van der Waals surface area (Å²) in [6.07, 6.45) is 0.794. The van der Waals surface area contributed by atoms with E-state index in [1.54, 1.807) is 11.4 Å². The van der Waals surface area contributed by atoms with E-state index in [0.717, 1.165) is 19.5 Å². The summed E-state index contributed by atoms with van der Waals surface area (Å²) in [5.41, 5.74) is 0. The largest absolute Gasteiger partial charge is 0.373 e. The van der Waals surface area contributed by atoms with Crippen LogP contribution in [0.15, 0.2) is 0 Å². The number of morpholine rings is 1. The molecule has 2 saturated heterocycles. The predicted molar refractivity (Wildman–Crippen MR) is 69.5 cm³/mol. The quantitative estimate of drug-likeness (QED) is 0.765. The van der Waals surface area contributed by atoms with Crippen molar-refractivity contribution in [2.24, 2.45) is 0 Å². The molecule has 2 heterocycles. The number of hydrogen-bond donors (Lipinski definition) is 1. The smallest absolute Gasteiger partial charge is 0.282 e. The van der Waals surface area contributed by atoms with Crippen LogP contribution in [0.25, 0.3) is 0 Å². The van der Waals surface area contributed by atoms with Crippen molar-refractivity contribution in [1.82, 2.24) is 13.9 Å². The summed E-state index contributed by atoms with van der Waals surface area (Å²) in [6.45, 7) is 6.34. The monoisotopic (exact) mass is 277 g/mol. The molecule has 2 aliphatic heterocycles. The Balaban J connectivity index is 2.09. The van der Waals surface area contributed by atoms with Gasteiger partial charge in [-0.2, -0.15) is 17.0 Å². The SMILES string of the molecule is C[C@@H]1CN(S(=O)(=O)N(C)[C@H]2CCNC2)C[C@@H](C)O1. The predicted octanol–water partition coefficient (Wildman–Crippen LogP) is -0.366. The molecule has 1 N–H and O–H groups in total. The molecule has 3 atom stereocenters. The normalized spacial score (nSPS) is 35.2. The minimum Gasteiger partial charge on any atom is -0.373 e. The van der Waals surface area contributed by atoms with Crippen LogP contribution in [0.4, 0.5) is 0 Å². The van der Waals surface area contributed by atoms with Gasteiger partial charge in [-0.25, -0.2) is 0 Å². The highest BCUT2D eigenvalue weighted by molar-refractivity contribution is 7.86. The molecule has 2 aliphatic rings. The van der Waals surface area contributed by atoms with Crippen molar-refractivity contribution in [1.29, 1.82) is 0 Å². The minimum absolute atomic E-state index is 0.0429. The highest BCUT2D eigenvalue weighted by atomic mass is 32.2. The van der Waals surface area contributed by atoms with Gasteiger partial charge in [0.2, 0.25) is 0 Å². The van der Waals surface area contributed by atoms with Gasteiger partial charge in [-0.05, 0) is 26.8 Å². The lowest BCUT2D eigenvalue weighted by Gasteiger charge is -2.37. The molecule has 0 aliphatic carbocycles. The van der Waals surface area contributed by atoms with E-state index < -0.39 is 10.2 Å². The highest BCUT2D eigenvalue weighted by Crippen LogP contribution is 2.19. The van der Waals surface area contributed by atoms with Crippen molar-refractivity contribution in [3.05, 3.63) is 0 Å². The lowest BCUT2D eigenvalue weighted by Crippen LogP contribution is -2.54. The molecule has 6 nitrogen and oxygen atoms in total. The first-order valence-electron chi connectivity index (χ1n) is 6.50. The third-order valence-corrected chi connectivity index (χ3v) is 5.60. The first-order chi connectivity index (χ1) is 8.41. The van der Waals surface area contributed by atoms with Gasteiger partial charge in [-0.3, -0.25) is 0 Å². The van der Waals surface area contributed by atoms with Crippen molar-refractivity contribution in [3.63, 3.8) is 0 Å². The van der Waals surface area contributed by atoms with Crippen LogP contribution in [0.3, 0.4) is 0 Å². The molecule has 0 radical (unpaired) electrons. The Hall–Kier alpha value is -0.210. The zero-order valence-electron chi connectivity index (χ0n) is 11.3. The third-order valence-electron chi connectivity index (χ3n) is 3.62. The van der Waals surface area contributed by atoms with Crippen LogP contribution in [-0.4, -0.2) is 68.5 Å². The van der Waals surface area contributed by atoms with Crippen LogP contribution in [-0.2, 0) is 14.9 Å². The molecule has 7 heteroatoms. The highest BCUT2D eigenvalue weighted by Gasteiger charge is 2.37. The topological polar surface area (TPSA) is 61.9 Å². The Morgan fingerprint density at radius 3 is 2.39 bits per heavy atom. The molecule has 18 heavy (non-hydrogen) atoms. The maximum atomic E-state index is 12.5. The molecule has 0 aromatic rings. The molecule has 0 saturated carbocycles. The van der Waals surface area contributed by atoms with E-state index in [2.05, 4.69) is 5.32 Å². The summed E-state index contributed by atoms with van der Waals surface area (Å²) < 4.78 is 33.7. The van der Waals surface area contributed by atoms with Crippen molar-refractivity contribution in [3.8, 4) is 0 Å². The van der Waals surface area contributed by atoms with Crippen LogP contribution >= 0.6 is 0 Å². The number of hydrogen-bond acceptors (Lipinski definition) is 4. The molecule has 2 rings (SSSR count). The van der Waals surface area contributed by atoms with Crippen molar-refractivity contribution in [2.75, 3.05) is 33.2 Å². The van der Waals surface area contributed by atoms with Crippen LogP contribution in [0, 0.1) is 0 Å². The van der Waals surface area contributed by atoms with Gasteiger partial charge in [0.15, 0.2) is 0 Å². The summed E-state index contributed by atoms with van der Waals surface area (Å²) in [5.74, 6) is 0. The van der Waals surface area contributed by atoms with Crippen molar-refractivity contribution >= 4 is 10.2 Å². The van der Waals surface area contributed by atoms with Crippen LogP contribution in [0.1, 0.15) is 20.3 Å². The lowest BCUT2D eigenvalue weighted by atomic mass is 10.3. The molecule has 0 aromatic heterocycles. The number of likely N-dealkylation sites (N-methyl/N-ethyl adjacent to an activating group) is 1. The van der Waals surface area contributed by atoms with E-state index in [0.29, 0.717) is 13.1 Å². The molecular formula is C11H23N3O3S. The van der Waals surface area contributed by atoms with Crippen molar-refractivity contribution in [2.45, 2.75) is 38.5 Å². The molecule has 0 unspecified atom stereocenters. The number of ether oxygens (including phenoxy) is 1. The first-order valence-corrected chi connectivity index (χ1v) is 7.90. The fourth-order valence-electron chi connectivity index (χ4n) is 2.64. The summed E-state index contributed by atoms with van der Waals surface area (Å²) in [4.78, 5) is 0. The van der Waals surface area contributed by atoms with Gasteiger partial charge in [0.05, 0.1) is 12.2 Å². The van der Waals surface area contributed by atoms with Gasteiger partial charge < -0.3 is 10.1 Å². The van der Waals surface area contributed by atoms with Crippen molar-refractivity contribution < 1.29 is 13.2 Å². The van der Waals surface area contributed by atoms with Crippen LogP contribution in [0.5, 0.6) is 0 Å². The molecule has 0 amide bonds. The molecule has 0 aromatic carbocycles. The fourth-order valence-corrected chi connectivity index (χ4v) is 4.36. The van der Waals surface area contributed by atoms with E-state index in [-0.39, 0.29) is 18.2 Å². The number of nitrogens with zero attached hydrogens (tertiary/aromatic N) is 2. The Morgan fingerprint density at radius 2 is 1.89 bits per heavy atom. The molecule has 2 fully saturated rings. The fraction of sp³-hybridized carbons (Fsp3) is 1.00. The minimum atomic E-state index is -3.36. The maximum Gasteiger partial charge on any atom is 0.282 e. The van der Waals surface area contributed by atoms with Gasteiger partial charge in [0.1, 0.15) is 0 Å². The number of nitrogens with one attached hydrogen (secondary N) is 1. The lowest BCUT2D eigenvalue weighted by molar-refractivity contribution is -0.0455. The Morgan fingerprint density at radius 1 is 1.28 bits per heavy atom. The second-order valence-electron chi connectivity index (χ2n) is 5.24. The average molecular weight is 277 g/mol. The summed E-state index contributed by atoms with van der Waals surface area (Å²) in [6, 6.07) is 0.0726. The van der Waals surface area contributed by atoms with Crippen LogP contribution in [0.2, 0.25) is 0 Å². The van der Waals surface area contributed by atoms with E-state index in [4.69, 9.17) is 4.74 Å². The van der Waals surface area contributed by atoms with E-state index in [1.807, 2.05) is 13.8 Å². The second kappa shape index (κ2) is 5.42. The van der Waals surface area contributed by atoms with Gasteiger partial charge in [-0.1, -0.05) is 0 Å². The molecule has 0 spiro atoms. The molecular weight excluding hydrogens is 254 g/mol. The Labute approximate surface area is 109 Å². The zero-order valence-corrected chi connectivity index (χ0v) is 12.1. The Kier molecular flexibility index (Phi) is 4.28. The summed E-state index contributed by atoms with van der Waals surface area (Å²) >= 11 is 0. The molecule has 106 valence electrons. The Bertz CT molecular complexity index is 371. The zero-order chi connectivity index (χ0) is 13.3. The van der Waals surface area contributed by atoms with Crippen LogP contribution < -0.4 is 5.32 Å². The number of rotatable bonds is 3. The van der Waals surface area contributed by atoms with E-state index >= 15 is 0 Å². The third kappa shape index (κ3) is 2.85. The standard InChI is InChI=1S/C11H23N3O3S/c1-9-7-14(8-10(2)17-9)18(15,16)13(3)11-4-5-12-6-11/h9-12H,4-8H2,1-3H3/t9-,10-,11+/m1/s1. The average Bonchev–Trinajstić information content (AvgIpc) is 2.79. The van der Waals surface area contributed by atoms with E-state index in [1.165, 1.54) is 4.31 Å². The van der Waals surface area contributed by atoms with Gasteiger partial charge in [-0.15, -0.1) is 0 Å². The first kappa shape index (κ1) is 14.2. The molecule has 0 bridgehead atoms. The summed E-state index contributed by atoms with van der Waals surface area (Å²) in [7, 11) is -1.69. The van der Waals surface area contributed by atoms with E-state index in [9.17, 15) is 8.42 Å². The van der Waals surface area contributed by atoms with Gasteiger partial charge in [0, 0.05) is 32.7 Å². The summed E-state index contributed by atoms with van der Waals surface area (Å²) in [5, 5.41) is 3.20. The van der Waals surface area contributed by atoms with Gasteiger partial charge >= 0.3 is 0 Å². The van der Waals surface area contributed by atoms with Gasteiger partial charge in [0.25, 0.3) is 10.2 Å². The second-order valence-corrected chi connectivity index (χ2v) is 7.23.